The van der Waals surface area contributed by atoms with Crippen molar-refractivity contribution >= 4 is 17.9 Å². The first kappa shape index (κ1) is 43.2. The molecule has 0 amide bonds. The summed E-state index contributed by atoms with van der Waals surface area (Å²) in [5, 5.41) is 160. The second-order valence-corrected chi connectivity index (χ2v) is 15.0. The number of fused-ring (bicyclic) bond motifs is 5. The van der Waals surface area contributed by atoms with Gasteiger partial charge in [0.1, 0.15) is 48.3 Å². The van der Waals surface area contributed by atoms with Crippen LogP contribution in [0.25, 0.3) is 11.1 Å². The molecule has 3 aliphatic heterocycles. The Bertz CT molecular complexity index is 2810. The van der Waals surface area contributed by atoms with Crippen molar-refractivity contribution in [1.82, 2.24) is 0 Å². The highest BCUT2D eigenvalue weighted by molar-refractivity contribution is 6.08. The largest absolute Gasteiger partial charge is 0.507 e. The van der Waals surface area contributed by atoms with Gasteiger partial charge in [-0.25, -0.2) is 14.4 Å². The van der Waals surface area contributed by atoms with Gasteiger partial charge in [-0.1, -0.05) is 6.07 Å². The number of hydrogen-bond acceptors (Lipinski definition) is 23. The Morgan fingerprint density at radius 2 is 1.12 bits per heavy atom. The maximum absolute atomic E-state index is 14.4. The number of esters is 3. The molecule has 0 aliphatic carbocycles. The summed E-state index contributed by atoms with van der Waals surface area (Å²) in [6, 6.07) is 6.56. The number of phenolic OH excluding ortho intramolecular Hbond substituents is 13. The van der Waals surface area contributed by atoms with Gasteiger partial charge in [-0.3, -0.25) is 0 Å². The number of carbonyl (C=O) groups is 3. The van der Waals surface area contributed by atoms with Gasteiger partial charge in [0, 0.05) is 29.2 Å². The summed E-state index contributed by atoms with van der Waals surface area (Å²) in [6.07, 6.45) is -14.2. The molecule has 0 spiro atoms. The van der Waals surface area contributed by atoms with Crippen molar-refractivity contribution in [3.63, 3.8) is 0 Å². The van der Waals surface area contributed by atoms with E-state index in [4.69, 9.17) is 23.7 Å². The van der Waals surface area contributed by atoms with E-state index in [1.54, 1.807) is 0 Å². The van der Waals surface area contributed by atoms with E-state index in [-0.39, 0.29) is 11.1 Å². The van der Waals surface area contributed by atoms with Crippen molar-refractivity contribution in [3.8, 4) is 91.6 Å². The molecule has 1 fully saturated rings. The smallest absolute Gasteiger partial charge is 0.339 e. The lowest BCUT2D eigenvalue weighted by atomic mass is 9.85. The maximum Gasteiger partial charge on any atom is 0.339 e. The highest BCUT2D eigenvalue weighted by atomic mass is 16.6. The Labute approximate surface area is 361 Å². The zero-order valence-electron chi connectivity index (χ0n) is 32.5. The quantitative estimate of drug-likeness (QED) is 0.0681. The SMILES string of the molecule is O=C(OC[C@H]1O[C@@H](c2c(O)cc(O)c3c2O[C@H](c2ccc(O)c(O)c2)[C@@H](O)C3)[C@@H]2OC(=O)c3cc(O)c(O)c(O)c3-c3c(cc(O)c(O)c3O)C(=O)O[C@H]2[C@@H]1O)c1cc(O)c(O)c(O)c1. The van der Waals surface area contributed by atoms with Crippen LogP contribution >= 0.6 is 0 Å². The molecule has 0 radical (unpaired) electrons. The van der Waals surface area contributed by atoms with Crippen molar-refractivity contribution < 1.29 is 115 Å². The molecule has 5 aromatic carbocycles. The summed E-state index contributed by atoms with van der Waals surface area (Å²) in [4.78, 5) is 41.9. The number of aliphatic hydroxyl groups is 2. The first-order valence-corrected chi connectivity index (χ1v) is 18.9. The molecule has 8 rings (SSSR count). The lowest BCUT2D eigenvalue weighted by Gasteiger charge is -2.45. The van der Waals surface area contributed by atoms with Crippen molar-refractivity contribution in [2.24, 2.45) is 0 Å². The van der Waals surface area contributed by atoms with Gasteiger partial charge in [-0.2, -0.15) is 0 Å². The molecule has 7 atom stereocenters. The van der Waals surface area contributed by atoms with Gasteiger partial charge in [0.2, 0.25) is 11.5 Å². The Hall–Kier alpha value is -8.41. The average molecular weight is 907 g/mol. The van der Waals surface area contributed by atoms with Gasteiger partial charge in [-0.05, 0) is 42.0 Å². The fourth-order valence-electron chi connectivity index (χ4n) is 7.84. The topological polar surface area (TPSA) is 401 Å². The second kappa shape index (κ2) is 15.7. The van der Waals surface area contributed by atoms with Gasteiger partial charge in [-0.15, -0.1) is 0 Å². The molecule has 1 saturated heterocycles. The standard InChI is InChI=1S/C42H34O23/c43-16-2-1-11(3-18(16)45)35-24(51)6-13-17(44)9-19(46)28(36(13)63-35)37-39-38(32(55)25(62-37)10-61-40(58)12-4-20(47)29(52)21(48)5-12)64-41(59)14-7-22(49)30(53)33(56)26(14)27-15(42(60)65-39)8-23(50)31(54)34(27)57/h1-5,7-9,24-25,32,35,37-39,43-57H,6,10H2/t24-,25+,32+,35+,37-,38-,39-/m0/s1. The van der Waals surface area contributed by atoms with Crippen LogP contribution in [0.2, 0.25) is 0 Å². The van der Waals surface area contributed by atoms with Crippen LogP contribution in [0.3, 0.4) is 0 Å². The van der Waals surface area contributed by atoms with Crippen LogP contribution in [0.4, 0.5) is 0 Å². The molecular formula is C42H34O23. The summed E-state index contributed by atoms with van der Waals surface area (Å²) in [7, 11) is 0. The maximum atomic E-state index is 14.4. The number of rotatable bonds is 5. The van der Waals surface area contributed by atoms with Crippen LogP contribution in [-0.2, 0) is 25.4 Å². The number of phenols is 13. The van der Waals surface area contributed by atoms with Gasteiger partial charge in [0.05, 0.1) is 28.4 Å². The van der Waals surface area contributed by atoms with E-state index in [0.29, 0.717) is 24.3 Å². The molecule has 3 heterocycles. The highest BCUT2D eigenvalue weighted by Gasteiger charge is 2.54. The van der Waals surface area contributed by atoms with Crippen LogP contribution in [0, 0.1) is 0 Å². The Kier molecular flexibility index (Phi) is 10.5. The van der Waals surface area contributed by atoms with Crippen LogP contribution in [0.15, 0.2) is 48.5 Å². The lowest BCUT2D eigenvalue weighted by Crippen LogP contribution is -2.58. The third-order valence-corrected chi connectivity index (χ3v) is 11.0. The Morgan fingerprint density at radius 1 is 0.569 bits per heavy atom. The molecule has 65 heavy (non-hydrogen) atoms. The van der Waals surface area contributed by atoms with E-state index < -0.39 is 188 Å². The third kappa shape index (κ3) is 7.13. The van der Waals surface area contributed by atoms with Gasteiger partial charge >= 0.3 is 17.9 Å². The van der Waals surface area contributed by atoms with Gasteiger partial charge in [0.25, 0.3) is 0 Å². The first-order valence-electron chi connectivity index (χ1n) is 18.9. The molecule has 15 N–H and O–H groups in total. The van der Waals surface area contributed by atoms with Crippen molar-refractivity contribution in [1.29, 1.82) is 0 Å². The van der Waals surface area contributed by atoms with E-state index in [9.17, 15) is 91.0 Å². The van der Waals surface area contributed by atoms with Crippen LogP contribution < -0.4 is 4.74 Å². The van der Waals surface area contributed by atoms with Crippen LogP contribution in [0.5, 0.6) is 80.5 Å². The fourth-order valence-corrected chi connectivity index (χ4v) is 7.84. The average Bonchev–Trinajstić information content (AvgIpc) is 3.25. The predicted octanol–water partition coefficient (Wildman–Crippen LogP) is 1.99. The molecule has 5 aromatic rings. The fraction of sp³-hybridized carbons (Fsp3) is 0.214. The number of carbonyl (C=O) groups excluding carboxylic acids is 3. The zero-order chi connectivity index (χ0) is 47.1. The minimum absolute atomic E-state index is 0.0379. The second-order valence-electron chi connectivity index (χ2n) is 15.0. The molecule has 0 aromatic heterocycles. The van der Waals surface area contributed by atoms with Gasteiger partial charge in [0.15, 0.2) is 64.0 Å². The summed E-state index contributed by atoms with van der Waals surface area (Å²) in [5.74, 6) is -18.4. The van der Waals surface area contributed by atoms with Crippen LogP contribution in [-0.4, -0.2) is 132 Å². The Morgan fingerprint density at radius 3 is 1.69 bits per heavy atom. The minimum Gasteiger partial charge on any atom is -0.507 e. The van der Waals surface area contributed by atoms with E-state index >= 15 is 0 Å². The van der Waals surface area contributed by atoms with Crippen molar-refractivity contribution in [2.45, 2.75) is 49.1 Å². The predicted molar refractivity (Wildman–Crippen MR) is 208 cm³/mol. The number of aliphatic hydroxyl groups excluding tert-OH is 2. The minimum atomic E-state index is -2.27. The number of aromatic hydroxyl groups is 13. The molecule has 0 saturated carbocycles. The monoisotopic (exact) mass is 906 g/mol. The molecule has 3 aliphatic rings. The third-order valence-electron chi connectivity index (χ3n) is 11.0. The Balaban J connectivity index is 1.31. The van der Waals surface area contributed by atoms with E-state index in [2.05, 4.69) is 0 Å². The summed E-state index contributed by atoms with van der Waals surface area (Å²) < 4.78 is 29.1. The first-order chi connectivity index (χ1) is 30.7. The molecule has 340 valence electrons. The summed E-state index contributed by atoms with van der Waals surface area (Å²) >= 11 is 0. The van der Waals surface area contributed by atoms with Crippen molar-refractivity contribution in [2.75, 3.05) is 6.61 Å². The highest BCUT2D eigenvalue weighted by Crippen LogP contribution is 2.55. The molecule has 0 bridgehead atoms. The number of benzene rings is 5. The van der Waals surface area contributed by atoms with E-state index in [1.807, 2.05) is 0 Å². The normalized spacial score (nSPS) is 22.5. The van der Waals surface area contributed by atoms with E-state index in [0.717, 1.165) is 18.2 Å². The number of ether oxygens (including phenoxy) is 5. The van der Waals surface area contributed by atoms with E-state index in [1.165, 1.54) is 6.07 Å². The van der Waals surface area contributed by atoms with Crippen LogP contribution in [0.1, 0.15) is 60.0 Å². The number of hydrogen-bond donors (Lipinski definition) is 15. The van der Waals surface area contributed by atoms with Gasteiger partial charge < -0.3 is 100 Å². The molecule has 23 heteroatoms. The molecule has 0 unspecified atom stereocenters. The summed E-state index contributed by atoms with van der Waals surface area (Å²) in [6.45, 7) is -1.04. The molecule has 23 nitrogen and oxygen atoms in total. The summed E-state index contributed by atoms with van der Waals surface area (Å²) in [5.41, 5.74) is -5.16. The molecular weight excluding hydrogens is 872 g/mol. The van der Waals surface area contributed by atoms with Crippen molar-refractivity contribution in [3.05, 3.63) is 81.9 Å². The zero-order valence-corrected chi connectivity index (χ0v) is 32.5. The lowest BCUT2D eigenvalue weighted by molar-refractivity contribution is -0.232.